The van der Waals surface area contributed by atoms with Crippen LogP contribution in [0.1, 0.15) is 18.9 Å². The Bertz CT molecular complexity index is 774. The van der Waals surface area contributed by atoms with Gasteiger partial charge in [0.15, 0.2) is 5.16 Å². The monoisotopic (exact) mass is 380 g/mol. The van der Waals surface area contributed by atoms with Crippen LogP contribution in [0.25, 0.3) is 0 Å². The number of H-pyrrole nitrogens is 1. The summed E-state index contributed by atoms with van der Waals surface area (Å²) in [6.45, 7) is 3.19. The lowest BCUT2D eigenvalue weighted by molar-refractivity contribution is -0.120. The molecule has 1 aromatic carbocycles. The number of benzene rings is 1. The first-order valence-electron chi connectivity index (χ1n) is 8.27. The van der Waals surface area contributed by atoms with Gasteiger partial charge < -0.3 is 14.8 Å². The Hall–Kier alpha value is -2.26. The third-order valence-electron chi connectivity index (χ3n) is 3.75. The maximum Gasteiger partial charge on any atom is 0.343 e. The molecular weight excluding hydrogens is 356 g/mol. The van der Waals surface area contributed by atoms with Crippen molar-refractivity contribution >= 4 is 17.7 Å². The Balaban J connectivity index is 1.94. The average molecular weight is 380 g/mol. The highest BCUT2D eigenvalue weighted by Gasteiger charge is 2.19. The summed E-state index contributed by atoms with van der Waals surface area (Å²) in [7, 11) is 3.21. The SMILES string of the molecule is COCCCn1c(SC(C)C(=O)NCc2ccccc2OC)n[nH]c1=O. The Morgan fingerprint density at radius 1 is 1.38 bits per heavy atom. The predicted octanol–water partition coefficient (Wildman–Crippen LogP) is 1.41. The van der Waals surface area contributed by atoms with E-state index in [0.29, 0.717) is 31.3 Å². The molecule has 2 aromatic rings. The van der Waals surface area contributed by atoms with E-state index in [1.54, 1.807) is 21.1 Å². The van der Waals surface area contributed by atoms with Crippen molar-refractivity contribution in [3.05, 3.63) is 40.3 Å². The fourth-order valence-electron chi connectivity index (χ4n) is 2.34. The van der Waals surface area contributed by atoms with Crippen LogP contribution in [0.15, 0.2) is 34.2 Å². The molecule has 0 aliphatic rings. The van der Waals surface area contributed by atoms with Crippen molar-refractivity contribution in [2.24, 2.45) is 0 Å². The van der Waals surface area contributed by atoms with Crippen molar-refractivity contribution in [2.75, 3.05) is 20.8 Å². The first-order chi connectivity index (χ1) is 12.6. The largest absolute Gasteiger partial charge is 0.496 e. The highest BCUT2D eigenvalue weighted by atomic mass is 32.2. The van der Waals surface area contributed by atoms with Crippen LogP contribution in [0.5, 0.6) is 5.75 Å². The van der Waals surface area contributed by atoms with Gasteiger partial charge in [-0.15, -0.1) is 5.10 Å². The fourth-order valence-corrected chi connectivity index (χ4v) is 3.25. The van der Waals surface area contributed by atoms with E-state index < -0.39 is 5.25 Å². The van der Waals surface area contributed by atoms with E-state index >= 15 is 0 Å². The second-order valence-corrected chi connectivity index (χ2v) is 6.91. The number of carbonyl (C=O) groups excluding carboxylic acids is 1. The standard InChI is InChI=1S/C17H24N4O4S/c1-12(15(22)18-11-13-7-4-5-8-14(13)25-3)26-17-20-19-16(23)21(17)9-6-10-24-2/h4-5,7-8,12H,6,9-11H2,1-3H3,(H,18,22)(H,19,23). The van der Waals surface area contributed by atoms with E-state index in [-0.39, 0.29) is 11.6 Å². The lowest BCUT2D eigenvalue weighted by atomic mass is 10.2. The number of para-hydroxylation sites is 1. The Labute approximate surface area is 156 Å². The van der Waals surface area contributed by atoms with Crippen LogP contribution < -0.4 is 15.7 Å². The van der Waals surface area contributed by atoms with Gasteiger partial charge in [-0.3, -0.25) is 9.36 Å². The minimum Gasteiger partial charge on any atom is -0.496 e. The first kappa shape index (κ1) is 20.1. The van der Waals surface area contributed by atoms with Gasteiger partial charge in [0, 0.05) is 32.4 Å². The molecule has 0 radical (unpaired) electrons. The maximum atomic E-state index is 12.4. The summed E-state index contributed by atoms with van der Waals surface area (Å²) >= 11 is 1.24. The molecule has 0 spiro atoms. The molecule has 1 unspecified atom stereocenters. The minimum absolute atomic E-state index is 0.139. The molecule has 8 nitrogen and oxygen atoms in total. The first-order valence-corrected chi connectivity index (χ1v) is 9.15. The Kier molecular flexibility index (Phi) is 7.73. The van der Waals surface area contributed by atoms with Crippen molar-refractivity contribution in [3.63, 3.8) is 0 Å². The minimum atomic E-state index is -0.402. The van der Waals surface area contributed by atoms with E-state index in [0.717, 1.165) is 11.3 Å². The number of methoxy groups -OCH3 is 2. The number of thioether (sulfide) groups is 1. The highest BCUT2D eigenvalue weighted by molar-refractivity contribution is 8.00. The molecule has 142 valence electrons. The number of ether oxygens (including phenoxy) is 2. The quantitative estimate of drug-likeness (QED) is 0.478. The second-order valence-electron chi connectivity index (χ2n) is 5.60. The van der Waals surface area contributed by atoms with Crippen LogP contribution in [0.3, 0.4) is 0 Å². The van der Waals surface area contributed by atoms with Gasteiger partial charge in [-0.05, 0) is 19.4 Å². The number of nitrogens with one attached hydrogen (secondary N) is 2. The smallest absolute Gasteiger partial charge is 0.343 e. The van der Waals surface area contributed by atoms with Crippen molar-refractivity contribution in [1.82, 2.24) is 20.1 Å². The number of hydrogen-bond donors (Lipinski definition) is 2. The molecule has 0 bridgehead atoms. The van der Waals surface area contributed by atoms with Crippen LogP contribution in [-0.4, -0.2) is 46.7 Å². The van der Waals surface area contributed by atoms with Crippen LogP contribution in [-0.2, 0) is 22.6 Å². The van der Waals surface area contributed by atoms with Gasteiger partial charge in [0.1, 0.15) is 5.75 Å². The van der Waals surface area contributed by atoms with Gasteiger partial charge >= 0.3 is 5.69 Å². The normalized spacial score (nSPS) is 12.0. The van der Waals surface area contributed by atoms with Crippen LogP contribution >= 0.6 is 11.8 Å². The summed E-state index contributed by atoms with van der Waals surface area (Å²) in [5.41, 5.74) is 0.613. The average Bonchev–Trinajstić information content (AvgIpc) is 2.99. The zero-order valence-corrected chi connectivity index (χ0v) is 16.0. The van der Waals surface area contributed by atoms with Crippen molar-refractivity contribution in [3.8, 4) is 5.75 Å². The van der Waals surface area contributed by atoms with Gasteiger partial charge in [0.2, 0.25) is 5.91 Å². The van der Waals surface area contributed by atoms with E-state index in [9.17, 15) is 9.59 Å². The molecule has 0 saturated carbocycles. The lowest BCUT2D eigenvalue weighted by Crippen LogP contribution is -2.31. The maximum absolute atomic E-state index is 12.4. The van der Waals surface area contributed by atoms with Crippen LogP contribution in [0.4, 0.5) is 0 Å². The summed E-state index contributed by atoms with van der Waals surface area (Å²) in [5, 5.41) is 9.42. The van der Waals surface area contributed by atoms with Crippen molar-refractivity contribution in [2.45, 2.75) is 36.8 Å². The molecule has 0 saturated heterocycles. The summed E-state index contributed by atoms with van der Waals surface area (Å²) in [6.07, 6.45) is 0.692. The second kappa shape index (κ2) is 10.0. The van der Waals surface area contributed by atoms with Gasteiger partial charge in [-0.1, -0.05) is 30.0 Å². The predicted molar refractivity (Wildman–Crippen MR) is 99.5 cm³/mol. The molecule has 9 heteroatoms. The summed E-state index contributed by atoms with van der Waals surface area (Å²) in [5.74, 6) is 0.590. The molecule has 2 N–H and O–H groups in total. The Morgan fingerprint density at radius 2 is 2.15 bits per heavy atom. The van der Waals surface area contributed by atoms with Gasteiger partial charge in [0.05, 0.1) is 12.4 Å². The molecule has 1 atom stereocenters. The topological polar surface area (TPSA) is 98.2 Å². The number of carbonyl (C=O) groups is 1. The van der Waals surface area contributed by atoms with Crippen molar-refractivity contribution in [1.29, 1.82) is 0 Å². The van der Waals surface area contributed by atoms with Gasteiger partial charge in [-0.2, -0.15) is 0 Å². The number of aromatic nitrogens is 3. The third kappa shape index (κ3) is 5.37. The zero-order valence-electron chi connectivity index (χ0n) is 15.2. The molecule has 1 heterocycles. The third-order valence-corrected chi connectivity index (χ3v) is 4.84. The number of nitrogens with zero attached hydrogens (tertiary/aromatic N) is 2. The van der Waals surface area contributed by atoms with Gasteiger partial charge in [-0.25, -0.2) is 9.89 Å². The van der Waals surface area contributed by atoms with Crippen LogP contribution in [0, 0.1) is 0 Å². The van der Waals surface area contributed by atoms with Crippen LogP contribution in [0.2, 0.25) is 0 Å². The summed E-state index contributed by atoms with van der Waals surface area (Å²) < 4.78 is 11.8. The highest BCUT2D eigenvalue weighted by Crippen LogP contribution is 2.21. The number of hydrogen-bond acceptors (Lipinski definition) is 6. The lowest BCUT2D eigenvalue weighted by Gasteiger charge is -2.13. The van der Waals surface area contributed by atoms with E-state index in [1.165, 1.54) is 16.3 Å². The zero-order chi connectivity index (χ0) is 18.9. The molecule has 0 aliphatic carbocycles. The van der Waals surface area contributed by atoms with Crippen molar-refractivity contribution < 1.29 is 14.3 Å². The number of amides is 1. The number of aromatic amines is 1. The number of rotatable bonds is 10. The molecule has 0 fully saturated rings. The van der Waals surface area contributed by atoms with E-state index in [4.69, 9.17) is 9.47 Å². The molecule has 1 aromatic heterocycles. The van der Waals surface area contributed by atoms with E-state index in [1.807, 2.05) is 24.3 Å². The Morgan fingerprint density at radius 3 is 2.88 bits per heavy atom. The summed E-state index contributed by atoms with van der Waals surface area (Å²) in [6, 6.07) is 7.52. The van der Waals surface area contributed by atoms with Gasteiger partial charge in [0.25, 0.3) is 0 Å². The van der Waals surface area contributed by atoms with E-state index in [2.05, 4.69) is 15.5 Å². The molecule has 2 rings (SSSR count). The molecule has 26 heavy (non-hydrogen) atoms. The fraction of sp³-hybridized carbons (Fsp3) is 0.471. The molecule has 0 aliphatic heterocycles. The molecular formula is C17H24N4O4S. The molecule has 1 amide bonds. The summed E-state index contributed by atoms with van der Waals surface area (Å²) in [4.78, 5) is 24.2.